The zero-order valence-corrected chi connectivity index (χ0v) is 12.4. The number of thiocarbonyl (C=S) groups is 1. The topological polar surface area (TPSA) is 41.9 Å². The minimum absolute atomic E-state index is 0.213. The van der Waals surface area contributed by atoms with Gasteiger partial charge in [-0.3, -0.25) is 0 Å². The minimum atomic E-state index is 0.213. The predicted molar refractivity (Wildman–Crippen MR) is 85.4 cm³/mol. The molecule has 2 N–H and O–H groups in total. The van der Waals surface area contributed by atoms with E-state index in [9.17, 15) is 0 Å². The predicted octanol–water partition coefficient (Wildman–Crippen LogP) is 2.50. The van der Waals surface area contributed by atoms with Crippen molar-refractivity contribution < 1.29 is 0 Å². The molecule has 0 fully saturated rings. The van der Waals surface area contributed by atoms with Gasteiger partial charge in [0.1, 0.15) is 0 Å². The van der Waals surface area contributed by atoms with Crippen molar-refractivity contribution >= 4 is 17.3 Å². The molecule has 0 saturated heterocycles. The van der Waals surface area contributed by atoms with Gasteiger partial charge in [0, 0.05) is 25.5 Å². The Bertz CT molecular complexity index is 510. The first-order valence-corrected chi connectivity index (χ1v) is 7.21. The van der Waals surface area contributed by atoms with Gasteiger partial charge in [-0.2, -0.15) is 0 Å². The van der Waals surface area contributed by atoms with Gasteiger partial charge < -0.3 is 15.2 Å². The number of hydrogen-bond donors (Lipinski definition) is 2. The highest BCUT2D eigenvalue weighted by molar-refractivity contribution is 7.80. The lowest BCUT2D eigenvalue weighted by molar-refractivity contribution is 0.620. The molecule has 0 radical (unpaired) electrons. The van der Waals surface area contributed by atoms with Crippen molar-refractivity contribution in [1.29, 1.82) is 0 Å². The summed E-state index contributed by atoms with van der Waals surface area (Å²) in [5.41, 5.74) is 1.23. The molecule has 0 amide bonds. The van der Waals surface area contributed by atoms with Crippen LogP contribution in [0.15, 0.2) is 49.1 Å². The molecule has 0 saturated carbocycles. The Hall–Kier alpha value is -1.88. The second-order valence-electron chi connectivity index (χ2n) is 4.69. The lowest BCUT2D eigenvalue weighted by atomic mass is 10.1. The van der Waals surface area contributed by atoms with Gasteiger partial charge in [0.05, 0.1) is 12.4 Å². The van der Waals surface area contributed by atoms with Gasteiger partial charge in [0.15, 0.2) is 5.11 Å². The number of hydrogen-bond acceptors (Lipinski definition) is 2. The summed E-state index contributed by atoms with van der Waals surface area (Å²) in [4.78, 5) is 4.01. The molecule has 1 atom stereocenters. The third-order valence-electron chi connectivity index (χ3n) is 3.09. The lowest BCUT2D eigenvalue weighted by Crippen LogP contribution is -2.37. The SMILES string of the molecule is C[C@H](NC(=S)NCCCn1ccnc1)c1ccccc1. The van der Waals surface area contributed by atoms with E-state index in [1.807, 2.05) is 30.7 Å². The van der Waals surface area contributed by atoms with Crippen LogP contribution in [-0.4, -0.2) is 21.2 Å². The Morgan fingerprint density at radius 3 is 2.85 bits per heavy atom. The summed E-state index contributed by atoms with van der Waals surface area (Å²) in [5, 5.41) is 7.22. The van der Waals surface area contributed by atoms with Crippen LogP contribution in [0.2, 0.25) is 0 Å². The van der Waals surface area contributed by atoms with Gasteiger partial charge in [0.2, 0.25) is 0 Å². The van der Waals surface area contributed by atoms with Crippen LogP contribution in [-0.2, 0) is 6.54 Å². The molecule has 0 aliphatic heterocycles. The summed E-state index contributed by atoms with van der Waals surface area (Å²) in [6, 6.07) is 10.5. The Morgan fingerprint density at radius 1 is 1.35 bits per heavy atom. The third-order valence-corrected chi connectivity index (χ3v) is 3.35. The van der Waals surface area contributed by atoms with Gasteiger partial charge >= 0.3 is 0 Å². The molecule has 4 nitrogen and oxygen atoms in total. The molecule has 1 aromatic heterocycles. The first kappa shape index (κ1) is 14.5. The van der Waals surface area contributed by atoms with Crippen LogP contribution in [0.5, 0.6) is 0 Å². The van der Waals surface area contributed by atoms with E-state index in [0.717, 1.165) is 19.5 Å². The van der Waals surface area contributed by atoms with Gasteiger partial charge in [0.25, 0.3) is 0 Å². The zero-order chi connectivity index (χ0) is 14.2. The number of benzene rings is 1. The standard InChI is InChI=1S/C15H20N4S/c1-13(14-6-3-2-4-7-14)18-15(20)17-8-5-10-19-11-9-16-12-19/h2-4,6-7,9,11-13H,5,8,10H2,1H3,(H2,17,18,20)/t13-/m0/s1. The normalized spacial score (nSPS) is 11.8. The van der Waals surface area contributed by atoms with Crippen LogP contribution in [0.25, 0.3) is 0 Å². The van der Waals surface area contributed by atoms with Crippen molar-refractivity contribution in [2.24, 2.45) is 0 Å². The molecule has 0 aliphatic carbocycles. The molecule has 1 aromatic carbocycles. The van der Waals surface area contributed by atoms with E-state index in [2.05, 4.69) is 39.2 Å². The highest BCUT2D eigenvalue weighted by Crippen LogP contribution is 2.10. The highest BCUT2D eigenvalue weighted by Gasteiger charge is 2.05. The van der Waals surface area contributed by atoms with Crippen molar-refractivity contribution in [3.63, 3.8) is 0 Å². The Kier molecular flexibility index (Phi) is 5.55. The number of nitrogens with zero attached hydrogens (tertiary/aromatic N) is 2. The fourth-order valence-electron chi connectivity index (χ4n) is 1.96. The van der Waals surface area contributed by atoms with Crippen molar-refractivity contribution in [2.75, 3.05) is 6.54 Å². The van der Waals surface area contributed by atoms with E-state index >= 15 is 0 Å². The van der Waals surface area contributed by atoms with Crippen molar-refractivity contribution in [3.8, 4) is 0 Å². The summed E-state index contributed by atoms with van der Waals surface area (Å²) >= 11 is 5.30. The van der Waals surface area contributed by atoms with E-state index in [4.69, 9.17) is 12.2 Å². The lowest BCUT2D eigenvalue weighted by Gasteiger charge is -2.17. The fourth-order valence-corrected chi connectivity index (χ4v) is 2.23. The van der Waals surface area contributed by atoms with Gasteiger partial charge in [-0.1, -0.05) is 30.3 Å². The summed E-state index contributed by atoms with van der Waals surface area (Å²) in [5.74, 6) is 0. The maximum atomic E-state index is 5.30. The first-order valence-electron chi connectivity index (χ1n) is 6.81. The smallest absolute Gasteiger partial charge is 0.166 e. The quantitative estimate of drug-likeness (QED) is 0.633. The Balaban J connectivity index is 1.65. The van der Waals surface area contributed by atoms with Crippen molar-refractivity contribution in [1.82, 2.24) is 20.2 Å². The van der Waals surface area contributed by atoms with Crippen molar-refractivity contribution in [2.45, 2.75) is 25.9 Å². The van der Waals surface area contributed by atoms with E-state index in [0.29, 0.717) is 5.11 Å². The molecule has 0 spiro atoms. The number of nitrogens with one attached hydrogen (secondary N) is 2. The molecule has 2 aromatic rings. The average molecular weight is 288 g/mol. The van der Waals surface area contributed by atoms with Crippen LogP contribution >= 0.6 is 12.2 Å². The van der Waals surface area contributed by atoms with E-state index < -0.39 is 0 Å². The van der Waals surface area contributed by atoms with E-state index in [-0.39, 0.29) is 6.04 Å². The summed E-state index contributed by atoms with van der Waals surface area (Å²) in [7, 11) is 0. The molecular weight excluding hydrogens is 268 g/mol. The number of imidazole rings is 1. The van der Waals surface area contributed by atoms with Crippen LogP contribution in [0, 0.1) is 0 Å². The second-order valence-corrected chi connectivity index (χ2v) is 5.09. The molecule has 1 heterocycles. The average Bonchev–Trinajstić information content (AvgIpc) is 2.98. The van der Waals surface area contributed by atoms with Crippen LogP contribution in [0.1, 0.15) is 24.9 Å². The summed E-state index contributed by atoms with van der Waals surface area (Å²) < 4.78 is 2.06. The van der Waals surface area contributed by atoms with Crippen LogP contribution in [0.3, 0.4) is 0 Å². The maximum absolute atomic E-state index is 5.30. The number of rotatable bonds is 6. The summed E-state index contributed by atoms with van der Waals surface area (Å²) in [6.45, 7) is 3.91. The zero-order valence-electron chi connectivity index (χ0n) is 11.6. The second kappa shape index (κ2) is 7.65. The molecule has 0 bridgehead atoms. The van der Waals surface area contributed by atoms with E-state index in [1.165, 1.54) is 5.56 Å². The minimum Gasteiger partial charge on any atom is -0.363 e. The van der Waals surface area contributed by atoms with Gasteiger partial charge in [-0.15, -0.1) is 0 Å². The molecule has 20 heavy (non-hydrogen) atoms. The maximum Gasteiger partial charge on any atom is 0.166 e. The largest absolute Gasteiger partial charge is 0.363 e. The molecule has 2 rings (SSSR count). The summed E-state index contributed by atoms with van der Waals surface area (Å²) in [6.07, 6.45) is 6.60. The van der Waals surface area contributed by atoms with Crippen molar-refractivity contribution in [3.05, 3.63) is 54.6 Å². The Morgan fingerprint density at radius 2 is 2.15 bits per heavy atom. The molecule has 0 unspecified atom stereocenters. The monoisotopic (exact) mass is 288 g/mol. The fraction of sp³-hybridized carbons (Fsp3) is 0.333. The van der Waals surface area contributed by atoms with Crippen LogP contribution < -0.4 is 10.6 Å². The van der Waals surface area contributed by atoms with Gasteiger partial charge in [-0.25, -0.2) is 4.98 Å². The molecule has 106 valence electrons. The molecular formula is C15H20N4S. The number of aryl methyl sites for hydroxylation is 1. The van der Waals surface area contributed by atoms with Crippen LogP contribution in [0.4, 0.5) is 0 Å². The van der Waals surface area contributed by atoms with E-state index in [1.54, 1.807) is 6.20 Å². The first-order chi connectivity index (χ1) is 9.75. The molecule has 5 heteroatoms. The third kappa shape index (κ3) is 4.66. The Labute approximate surface area is 125 Å². The molecule has 0 aliphatic rings. The highest BCUT2D eigenvalue weighted by atomic mass is 32.1. The van der Waals surface area contributed by atoms with Gasteiger partial charge in [-0.05, 0) is 31.1 Å². The number of aromatic nitrogens is 2.